The highest BCUT2D eigenvalue weighted by Crippen LogP contribution is 2.21. The highest BCUT2D eigenvalue weighted by Gasteiger charge is 2.32. The van der Waals surface area contributed by atoms with Gasteiger partial charge < -0.3 is 20.5 Å². The first-order valence-electron chi connectivity index (χ1n) is 8.80. The maximum Gasteiger partial charge on any atom is 0.224 e. The smallest absolute Gasteiger partial charge is 0.224 e. The highest BCUT2D eigenvalue weighted by molar-refractivity contribution is 5.87. The van der Waals surface area contributed by atoms with E-state index >= 15 is 0 Å². The van der Waals surface area contributed by atoms with Crippen LogP contribution in [0.25, 0.3) is 0 Å². The molecule has 0 aromatic heterocycles. The van der Waals surface area contributed by atoms with Crippen LogP contribution in [0, 0.1) is 11.8 Å². The van der Waals surface area contributed by atoms with Crippen LogP contribution in [0.2, 0.25) is 0 Å². The van der Waals surface area contributed by atoms with E-state index in [1.807, 2.05) is 54.6 Å². The van der Waals surface area contributed by atoms with Crippen molar-refractivity contribution in [3.63, 3.8) is 0 Å². The molecule has 0 unspecified atom stereocenters. The molecular weight excluding hydrogens is 344 g/mol. The summed E-state index contributed by atoms with van der Waals surface area (Å²) in [6.45, 7) is 0.437. The number of hydrogen-bond acceptors (Lipinski definition) is 4. The molecule has 0 aliphatic rings. The standard InChI is InChI=1S/C21H26N2O4/c1-23-21(25)18(12-15-8-10-17(26-2)11-9-15)19(20(22)24)14-27-13-16-6-4-3-5-7-16/h3-11,18-19H,12-14H2,1-2H3,(H2,22,24)(H,23,25)/t18-,19+/m1/s1. The average Bonchev–Trinajstić information content (AvgIpc) is 2.70. The molecule has 0 aliphatic heterocycles. The van der Waals surface area contributed by atoms with E-state index in [0.29, 0.717) is 13.0 Å². The fourth-order valence-corrected chi connectivity index (χ4v) is 2.89. The summed E-state index contributed by atoms with van der Waals surface area (Å²) >= 11 is 0. The van der Waals surface area contributed by atoms with Crippen LogP contribution in [0.3, 0.4) is 0 Å². The van der Waals surface area contributed by atoms with Gasteiger partial charge in [-0.1, -0.05) is 42.5 Å². The molecule has 0 radical (unpaired) electrons. The SMILES string of the molecule is CNC(=O)[C@H](Cc1ccc(OC)cc1)[C@H](COCc1ccccc1)C(N)=O. The molecule has 2 amide bonds. The summed E-state index contributed by atoms with van der Waals surface area (Å²) in [6.07, 6.45) is 0.381. The van der Waals surface area contributed by atoms with Gasteiger partial charge in [0.15, 0.2) is 0 Å². The molecule has 0 heterocycles. The zero-order valence-electron chi connectivity index (χ0n) is 15.7. The lowest BCUT2D eigenvalue weighted by Gasteiger charge is -2.23. The molecule has 6 heteroatoms. The van der Waals surface area contributed by atoms with E-state index < -0.39 is 17.7 Å². The van der Waals surface area contributed by atoms with Crippen molar-refractivity contribution in [2.45, 2.75) is 13.0 Å². The van der Waals surface area contributed by atoms with Crippen molar-refractivity contribution in [2.24, 2.45) is 17.6 Å². The molecule has 3 N–H and O–H groups in total. The molecule has 2 aromatic carbocycles. The number of rotatable bonds is 10. The maximum absolute atomic E-state index is 12.4. The molecule has 2 aromatic rings. The predicted octanol–water partition coefficient (Wildman–Crippen LogP) is 1.92. The van der Waals surface area contributed by atoms with E-state index in [2.05, 4.69) is 5.32 Å². The Kier molecular flexibility index (Phi) is 7.82. The summed E-state index contributed by atoms with van der Waals surface area (Å²) in [5.41, 5.74) is 7.50. The number of amides is 2. The molecule has 144 valence electrons. The number of nitrogens with two attached hydrogens (primary N) is 1. The van der Waals surface area contributed by atoms with Gasteiger partial charge in [0.2, 0.25) is 11.8 Å². The molecule has 6 nitrogen and oxygen atoms in total. The molecule has 27 heavy (non-hydrogen) atoms. The van der Waals surface area contributed by atoms with Gasteiger partial charge in [-0.15, -0.1) is 0 Å². The van der Waals surface area contributed by atoms with Gasteiger partial charge in [0.1, 0.15) is 5.75 Å². The molecule has 0 aliphatic carbocycles. The number of primary amides is 1. The van der Waals surface area contributed by atoms with Gasteiger partial charge in [-0.05, 0) is 29.7 Å². The number of carbonyl (C=O) groups excluding carboxylic acids is 2. The van der Waals surface area contributed by atoms with Crippen molar-refractivity contribution in [1.82, 2.24) is 5.32 Å². The van der Waals surface area contributed by atoms with Gasteiger partial charge in [-0.2, -0.15) is 0 Å². The Morgan fingerprint density at radius 3 is 2.22 bits per heavy atom. The van der Waals surface area contributed by atoms with Crippen LogP contribution in [0.5, 0.6) is 5.75 Å². The fraction of sp³-hybridized carbons (Fsp3) is 0.333. The van der Waals surface area contributed by atoms with Crippen molar-refractivity contribution in [3.05, 3.63) is 65.7 Å². The van der Waals surface area contributed by atoms with Crippen LogP contribution >= 0.6 is 0 Å². The van der Waals surface area contributed by atoms with Crippen LogP contribution in [0.4, 0.5) is 0 Å². The minimum absolute atomic E-state index is 0.0818. The zero-order chi connectivity index (χ0) is 19.6. The molecule has 0 saturated heterocycles. The number of carbonyl (C=O) groups is 2. The lowest BCUT2D eigenvalue weighted by atomic mass is 9.85. The summed E-state index contributed by atoms with van der Waals surface area (Å²) in [6, 6.07) is 17.0. The third-order valence-corrected chi connectivity index (χ3v) is 4.46. The normalized spacial score (nSPS) is 12.8. The lowest BCUT2D eigenvalue weighted by Crippen LogP contribution is -2.42. The Balaban J connectivity index is 2.08. The Hall–Kier alpha value is -2.86. The minimum Gasteiger partial charge on any atom is -0.497 e. The molecule has 0 saturated carbocycles. The van der Waals surface area contributed by atoms with Crippen LogP contribution in [0.1, 0.15) is 11.1 Å². The van der Waals surface area contributed by atoms with Crippen molar-refractivity contribution in [3.8, 4) is 5.75 Å². The number of methoxy groups -OCH3 is 1. The molecule has 0 fully saturated rings. The molecule has 2 rings (SSSR count). The second kappa shape index (κ2) is 10.3. The number of nitrogens with one attached hydrogen (secondary N) is 1. The van der Waals surface area contributed by atoms with E-state index in [-0.39, 0.29) is 12.5 Å². The Morgan fingerprint density at radius 1 is 1.00 bits per heavy atom. The average molecular weight is 370 g/mol. The van der Waals surface area contributed by atoms with Gasteiger partial charge in [-0.3, -0.25) is 9.59 Å². The minimum atomic E-state index is -0.726. The van der Waals surface area contributed by atoms with E-state index in [1.165, 1.54) is 0 Å². The Labute approximate surface area is 159 Å². The van der Waals surface area contributed by atoms with E-state index in [1.54, 1.807) is 14.2 Å². The lowest BCUT2D eigenvalue weighted by molar-refractivity contribution is -0.135. The summed E-state index contributed by atoms with van der Waals surface area (Å²) in [4.78, 5) is 24.5. The summed E-state index contributed by atoms with van der Waals surface area (Å²) < 4.78 is 10.8. The first-order chi connectivity index (χ1) is 13.0. The van der Waals surface area contributed by atoms with Gasteiger partial charge in [0.05, 0.1) is 32.2 Å². The molecule has 0 spiro atoms. The van der Waals surface area contributed by atoms with Crippen LogP contribution in [0.15, 0.2) is 54.6 Å². The van der Waals surface area contributed by atoms with Crippen molar-refractivity contribution in [1.29, 1.82) is 0 Å². The monoisotopic (exact) mass is 370 g/mol. The molecule has 0 bridgehead atoms. The van der Waals surface area contributed by atoms with Gasteiger partial charge in [0, 0.05) is 7.05 Å². The summed E-state index contributed by atoms with van der Waals surface area (Å²) in [7, 11) is 3.14. The van der Waals surface area contributed by atoms with Crippen molar-refractivity contribution < 1.29 is 19.1 Å². The number of ether oxygens (including phenoxy) is 2. The quantitative estimate of drug-likeness (QED) is 0.668. The first-order valence-corrected chi connectivity index (χ1v) is 8.80. The van der Waals surface area contributed by atoms with Gasteiger partial charge in [-0.25, -0.2) is 0 Å². The largest absolute Gasteiger partial charge is 0.497 e. The summed E-state index contributed by atoms with van der Waals surface area (Å²) in [5, 5.41) is 2.62. The van der Waals surface area contributed by atoms with E-state index in [4.69, 9.17) is 15.2 Å². The second-order valence-corrected chi connectivity index (χ2v) is 6.28. The third-order valence-electron chi connectivity index (χ3n) is 4.46. The van der Waals surface area contributed by atoms with Crippen molar-refractivity contribution >= 4 is 11.8 Å². The fourth-order valence-electron chi connectivity index (χ4n) is 2.89. The molecular formula is C21H26N2O4. The van der Waals surface area contributed by atoms with Crippen LogP contribution < -0.4 is 15.8 Å². The number of benzene rings is 2. The zero-order valence-corrected chi connectivity index (χ0v) is 15.7. The maximum atomic E-state index is 12.4. The Morgan fingerprint density at radius 2 is 1.67 bits per heavy atom. The van der Waals surface area contributed by atoms with Crippen LogP contribution in [-0.2, 0) is 27.4 Å². The van der Waals surface area contributed by atoms with E-state index in [0.717, 1.165) is 16.9 Å². The number of hydrogen-bond donors (Lipinski definition) is 2. The Bertz CT molecular complexity index is 732. The topological polar surface area (TPSA) is 90.7 Å². The van der Waals surface area contributed by atoms with Crippen molar-refractivity contribution in [2.75, 3.05) is 20.8 Å². The van der Waals surface area contributed by atoms with E-state index in [9.17, 15) is 9.59 Å². The van der Waals surface area contributed by atoms with Gasteiger partial charge >= 0.3 is 0 Å². The first kappa shape index (κ1) is 20.5. The highest BCUT2D eigenvalue weighted by atomic mass is 16.5. The second-order valence-electron chi connectivity index (χ2n) is 6.28. The molecule has 2 atom stereocenters. The third kappa shape index (κ3) is 6.11. The predicted molar refractivity (Wildman–Crippen MR) is 103 cm³/mol. The van der Waals surface area contributed by atoms with Gasteiger partial charge in [0.25, 0.3) is 0 Å². The van der Waals surface area contributed by atoms with Crippen LogP contribution in [-0.4, -0.2) is 32.6 Å². The summed E-state index contributed by atoms with van der Waals surface area (Å²) in [5.74, 6) is -1.40.